The Morgan fingerprint density at radius 3 is 1.72 bits per heavy atom. The van der Waals surface area contributed by atoms with Gasteiger partial charge in [-0.05, 0) is 30.3 Å². The molecule has 2 aliphatic heterocycles. The quantitative estimate of drug-likeness (QED) is 0.402. The van der Waals surface area contributed by atoms with Crippen LogP contribution in [0.5, 0.6) is 0 Å². The normalized spacial score (nSPS) is 14.2. The van der Waals surface area contributed by atoms with Crippen molar-refractivity contribution in [3.05, 3.63) is 66.7 Å². The number of benzene rings is 2. The number of imidazole rings is 2. The first-order chi connectivity index (χ1) is 12.4. The van der Waals surface area contributed by atoms with Crippen LogP contribution in [-0.2, 0) is 0 Å². The molecule has 25 heavy (non-hydrogen) atoms. The summed E-state index contributed by atoms with van der Waals surface area (Å²) in [7, 11) is 0. The van der Waals surface area contributed by atoms with Crippen LogP contribution in [0, 0.1) is 0 Å². The topological polar surface area (TPSA) is 39.5 Å². The molecule has 0 bridgehead atoms. The van der Waals surface area contributed by atoms with Gasteiger partial charge in [0, 0.05) is 12.1 Å². The SMILES string of the molecule is c1cc2[n+]3c(c1)-c1nc4ccccc4n1C3n1c-2nc2ccccc21. The molecule has 0 spiro atoms. The molecule has 0 N–H and O–H groups in total. The maximum absolute atomic E-state index is 4.91. The van der Waals surface area contributed by atoms with E-state index >= 15 is 0 Å². The molecule has 0 amide bonds. The average Bonchev–Trinajstić information content (AvgIpc) is 3.35. The highest BCUT2D eigenvalue weighted by atomic mass is 15.5. The Labute approximate surface area is 142 Å². The van der Waals surface area contributed by atoms with Gasteiger partial charge in [0.15, 0.2) is 0 Å². The van der Waals surface area contributed by atoms with Gasteiger partial charge in [0.1, 0.15) is 0 Å². The molecule has 0 atom stereocenters. The van der Waals surface area contributed by atoms with Crippen molar-refractivity contribution in [3.63, 3.8) is 0 Å². The fourth-order valence-corrected chi connectivity index (χ4v) is 4.40. The summed E-state index contributed by atoms with van der Waals surface area (Å²) in [5.41, 5.74) is 6.67. The predicted octanol–water partition coefficient (Wildman–Crippen LogP) is 3.19. The molecule has 7 rings (SSSR count). The van der Waals surface area contributed by atoms with Gasteiger partial charge in [-0.1, -0.05) is 24.3 Å². The minimum atomic E-state index is 0.0241. The monoisotopic (exact) mass is 322 g/mol. The van der Waals surface area contributed by atoms with E-state index in [1.165, 1.54) is 0 Å². The van der Waals surface area contributed by atoms with Crippen molar-refractivity contribution in [1.82, 2.24) is 19.1 Å². The molecule has 116 valence electrons. The summed E-state index contributed by atoms with van der Waals surface area (Å²) in [4.78, 5) is 9.81. The van der Waals surface area contributed by atoms with Crippen LogP contribution in [0.2, 0.25) is 0 Å². The van der Waals surface area contributed by atoms with Gasteiger partial charge in [-0.3, -0.25) is 0 Å². The summed E-state index contributed by atoms with van der Waals surface area (Å²) in [6.45, 7) is 0. The molecule has 5 aromatic rings. The molecule has 2 aromatic carbocycles. The van der Waals surface area contributed by atoms with Gasteiger partial charge in [-0.15, -0.1) is 4.57 Å². The van der Waals surface area contributed by atoms with Crippen LogP contribution in [0.1, 0.15) is 6.29 Å². The number of hydrogen-bond acceptors (Lipinski definition) is 2. The smallest absolute Gasteiger partial charge is 0.240 e. The highest BCUT2D eigenvalue weighted by Gasteiger charge is 2.49. The van der Waals surface area contributed by atoms with Crippen molar-refractivity contribution < 1.29 is 4.57 Å². The number of aromatic nitrogens is 5. The van der Waals surface area contributed by atoms with E-state index in [-0.39, 0.29) is 6.29 Å². The Kier molecular flexibility index (Phi) is 1.81. The molecule has 5 heteroatoms. The fourth-order valence-electron chi connectivity index (χ4n) is 4.40. The van der Waals surface area contributed by atoms with Gasteiger partial charge in [-0.2, -0.15) is 0 Å². The Bertz CT molecular complexity index is 1260. The predicted molar refractivity (Wildman–Crippen MR) is 93.9 cm³/mol. The second-order valence-electron chi connectivity index (χ2n) is 6.60. The molecule has 0 fully saturated rings. The first-order valence-corrected chi connectivity index (χ1v) is 8.41. The van der Waals surface area contributed by atoms with E-state index in [0.717, 1.165) is 45.1 Å². The second kappa shape index (κ2) is 3.78. The molecule has 0 saturated carbocycles. The lowest BCUT2D eigenvalue weighted by Crippen LogP contribution is -2.41. The van der Waals surface area contributed by atoms with E-state index in [0.29, 0.717) is 0 Å². The van der Waals surface area contributed by atoms with Crippen LogP contribution in [0.15, 0.2) is 66.7 Å². The molecule has 5 nitrogen and oxygen atoms in total. The summed E-state index contributed by atoms with van der Waals surface area (Å²) < 4.78 is 7.02. The summed E-state index contributed by atoms with van der Waals surface area (Å²) in [5, 5.41) is 0. The molecule has 0 saturated heterocycles. The van der Waals surface area contributed by atoms with E-state index in [9.17, 15) is 0 Å². The van der Waals surface area contributed by atoms with Crippen molar-refractivity contribution >= 4 is 22.1 Å². The molecule has 0 aliphatic carbocycles. The number of pyridine rings is 1. The number of hydrogen-bond donors (Lipinski definition) is 0. The number of para-hydroxylation sites is 4. The van der Waals surface area contributed by atoms with Crippen molar-refractivity contribution in [3.8, 4) is 23.0 Å². The van der Waals surface area contributed by atoms with Crippen molar-refractivity contribution in [2.45, 2.75) is 6.29 Å². The molecule has 2 aliphatic rings. The Morgan fingerprint density at radius 2 is 1.16 bits per heavy atom. The minimum absolute atomic E-state index is 0.0241. The van der Waals surface area contributed by atoms with Crippen LogP contribution in [-0.4, -0.2) is 19.1 Å². The number of nitrogens with zero attached hydrogens (tertiary/aromatic N) is 5. The third kappa shape index (κ3) is 1.20. The van der Waals surface area contributed by atoms with Gasteiger partial charge in [0.2, 0.25) is 11.6 Å². The fraction of sp³-hybridized carbons (Fsp3) is 0.0500. The molecule has 0 unspecified atom stereocenters. The van der Waals surface area contributed by atoms with E-state index in [1.54, 1.807) is 0 Å². The molecule has 0 radical (unpaired) electrons. The van der Waals surface area contributed by atoms with Crippen LogP contribution in [0.25, 0.3) is 45.1 Å². The van der Waals surface area contributed by atoms with Crippen LogP contribution >= 0.6 is 0 Å². The first-order valence-electron chi connectivity index (χ1n) is 8.41. The highest BCUT2D eigenvalue weighted by molar-refractivity contribution is 5.83. The van der Waals surface area contributed by atoms with Crippen molar-refractivity contribution in [2.24, 2.45) is 0 Å². The summed E-state index contributed by atoms with van der Waals surface area (Å²) in [6.07, 6.45) is 0.0241. The highest BCUT2D eigenvalue weighted by Crippen LogP contribution is 2.41. The van der Waals surface area contributed by atoms with E-state index in [1.807, 2.05) is 12.1 Å². The lowest BCUT2D eigenvalue weighted by atomic mass is 10.3. The Balaban J connectivity index is 1.71. The summed E-state index contributed by atoms with van der Waals surface area (Å²) in [5.74, 6) is 2.05. The Hall–Kier alpha value is -3.47. The van der Waals surface area contributed by atoms with Crippen molar-refractivity contribution in [1.29, 1.82) is 0 Å². The maximum Gasteiger partial charge on any atom is 0.329 e. The van der Waals surface area contributed by atoms with Gasteiger partial charge in [0.25, 0.3) is 11.4 Å². The zero-order chi connectivity index (χ0) is 16.1. The van der Waals surface area contributed by atoms with E-state index in [4.69, 9.17) is 9.97 Å². The van der Waals surface area contributed by atoms with Crippen molar-refractivity contribution in [2.75, 3.05) is 0 Å². The lowest BCUT2D eigenvalue weighted by molar-refractivity contribution is -0.695. The van der Waals surface area contributed by atoms with Gasteiger partial charge in [0.05, 0.1) is 22.1 Å². The van der Waals surface area contributed by atoms with Crippen LogP contribution in [0.3, 0.4) is 0 Å². The average molecular weight is 322 g/mol. The van der Waals surface area contributed by atoms with E-state index < -0.39 is 0 Å². The third-order valence-corrected chi connectivity index (χ3v) is 5.37. The summed E-state index contributed by atoms with van der Waals surface area (Å²) >= 11 is 0. The maximum atomic E-state index is 4.91. The summed E-state index contributed by atoms with van der Waals surface area (Å²) in [6, 6.07) is 23.1. The van der Waals surface area contributed by atoms with Gasteiger partial charge < -0.3 is 0 Å². The van der Waals surface area contributed by atoms with E-state index in [2.05, 4.69) is 68.3 Å². The number of rotatable bonds is 0. The number of fused-ring (bicyclic) bond motifs is 10. The Morgan fingerprint density at radius 1 is 0.640 bits per heavy atom. The molecule has 3 aromatic heterocycles. The minimum Gasteiger partial charge on any atom is -0.240 e. The second-order valence-corrected chi connectivity index (χ2v) is 6.60. The van der Waals surface area contributed by atoms with Crippen LogP contribution in [0.4, 0.5) is 0 Å². The molecular formula is C20H12N5+. The zero-order valence-electron chi connectivity index (χ0n) is 13.2. The van der Waals surface area contributed by atoms with Crippen LogP contribution < -0.4 is 4.57 Å². The molecular weight excluding hydrogens is 310 g/mol. The van der Waals surface area contributed by atoms with Gasteiger partial charge in [-0.25, -0.2) is 19.1 Å². The first kappa shape index (κ1) is 12.0. The third-order valence-electron chi connectivity index (χ3n) is 5.37. The standard InChI is InChI=1S/C20H12N5/c1-3-8-14-12(6-1)21-18-16-10-5-11-17-19-22-13-7-2-4-9-15(13)25(19)20(23(16)17)24(14)18/h1-11,20H/q+1. The zero-order valence-corrected chi connectivity index (χ0v) is 13.2. The van der Waals surface area contributed by atoms with Gasteiger partial charge >= 0.3 is 6.29 Å². The lowest BCUT2D eigenvalue weighted by Gasteiger charge is -2.09. The molecule has 5 heterocycles. The largest absolute Gasteiger partial charge is 0.329 e.